The minimum atomic E-state index is -0.508. The second-order valence-corrected chi connectivity index (χ2v) is 4.16. The number of H-pyrrole nitrogens is 1. The summed E-state index contributed by atoms with van der Waals surface area (Å²) in [4.78, 5) is 11.9. The van der Waals surface area contributed by atoms with Crippen LogP contribution in [0.15, 0.2) is 30.5 Å². The minimum absolute atomic E-state index is 0.203. The first kappa shape index (κ1) is 12.3. The van der Waals surface area contributed by atoms with Crippen LogP contribution in [0.2, 0.25) is 0 Å². The molecule has 1 atom stereocenters. The van der Waals surface area contributed by atoms with Gasteiger partial charge >= 0.3 is 0 Å². The SMILES string of the molecule is Cc1[nH]ncc1C(=O)Nc1ccc(C(C)O)cc1. The Morgan fingerprint density at radius 2 is 2.06 bits per heavy atom. The predicted molar refractivity (Wildman–Crippen MR) is 68.4 cm³/mol. The third kappa shape index (κ3) is 2.57. The average Bonchev–Trinajstić information content (AvgIpc) is 2.76. The molecule has 2 aromatic rings. The van der Waals surface area contributed by atoms with E-state index in [0.717, 1.165) is 11.3 Å². The molecule has 5 nitrogen and oxygen atoms in total. The van der Waals surface area contributed by atoms with E-state index in [-0.39, 0.29) is 5.91 Å². The zero-order chi connectivity index (χ0) is 13.1. The Morgan fingerprint density at radius 1 is 1.39 bits per heavy atom. The average molecular weight is 245 g/mol. The van der Waals surface area contributed by atoms with E-state index in [0.29, 0.717) is 11.3 Å². The van der Waals surface area contributed by atoms with Crippen molar-refractivity contribution in [3.8, 4) is 0 Å². The number of hydrogen-bond donors (Lipinski definition) is 3. The van der Waals surface area contributed by atoms with E-state index in [1.54, 1.807) is 38.1 Å². The summed E-state index contributed by atoms with van der Waals surface area (Å²) in [6, 6.07) is 7.08. The highest BCUT2D eigenvalue weighted by molar-refractivity contribution is 6.04. The van der Waals surface area contributed by atoms with Crippen LogP contribution in [0.5, 0.6) is 0 Å². The molecule has 0 aliphatic heterocycles. The molecule has 1 unspecified atom stereocenters. The third-order valence-corrected chi connectivity index (χ3v) is 2.73. The summed E-state index contributed by atoms with van der Waals surface area (Å²) in [5, 5.41) is 18.7. The second kappa shape index (κ2) is 5.01. The highest BCUT2D eigenvalue weighted by Gasteiger charge is 2.10. The van der Waals surface area contributed by atoms with Gasteiger partial charge in [0.05, 0.1) is 17.9 Å². The van der Waals surface area contributed by atoms with E-state index >= 15 is 0 Å². The molecule has 3 N–H and O–H groups in total. The van der Waals surface area contributed by atoms with E-state index in [2.05, 4.69) is 15.5 Å². The maximum Gasteiger partial charge on any atom is 0.259 e. The van der Waals surface area contributed by atoms with Crippen LogP contribution in [0.25, 0.3) is 0 Å². The lowest BCUT2D eigenvalue weighted by Gasteiger charge is -2.07. The number of anilines is 1. The molecule has 0 saturated heterocycles. The number of carbonyl (C=O) groups is 1. The molecular weight excluding hydrogens is 230 g/mol. The van der Waals surface area contributed by atoms with Gasteiger partial charge in [0.15, 0.2) is 0 Å². The van der Waals surface area contributed by atoms with Gasteiger partial charge in [-0.25, -0.2) is 0 Å². The van der Waals surface area contributed by atoms with Gasteiger partial charge in [-0.1, -0.05) is 12.1 Å². The summed E-state index contributed by atoms with van der Waals surface area (Å²) in [7, 11) is 0. The number of aromatic nitrogens is 2. The number of aromatic amines is 1. The van der Waals surface area contributed by atoms with Crippen molar-refractivity contribution in [3.63, 3.8) is 0 Å². The normalized spacial score (nSPS) is 12.2. The van der Waals surface area contributed by atoms with Crippen molar-refractivity contribution in [1.29, 1.82) is 0 Å². The molecular formula is C13H15N3O2. The maximum absolute atomic E-state index is 11.9. The highest BCUT2D eigenvalue weighted by Crippen LogP contribution is 2.16. The molecule has 0 aliphatic rings. The lowest BCUT2D eigenvalue weighted by atomic mass is 10.1. The van der Waals surface area contributed by atoms with Crippen LogP contribution >= 0.6 is 0 Å². The summed E-state index contributed by atoms with van der Waals surface area (Å²) < 4.78 is 0. The summed E-state index contributed by atoms with van der Waals surface area (Å²) in [5.74, 6) is -0.203. The quantitative estimate of drug-likeness (QED) is 0.774. The van der Waals surface area contributed by atoms with Gasteiger partial charge in [-0.3, -0.25) is 9.89 Å². The Labute approximate surface area is 105 Å². The van der Waals surface area contributed by atoms with Crippen LogP contribution < -0.4 is 5.32 Å². The van der Waals surface area contributed by atoms with E-state index in [1.165, 1.54) is 6.20 Å². The third-order valence-electron chi connectivity index (χ3n) is 2.73. The molecule has 1 heterocycles. The molecule has 94 valence electrons. The van der Waals surface area contributed by atoms with E-state index < -0.39 is 6.10 Å². The molecule has 0 spiro atoms. The van der Waals surface area contributed by atoms with Crippen molar-refractivity contribution in [1.82, 2.24) is 10.2 Å². The van der Waals surface area contributed by atoms with Gasteiger partial charge in [0.25, 0.3) is 5.91 Å². The summed E-state index contributed by atoms with van der Waals surface area (Å²) >= 11 is 0. The molecule has 0 fully saturated rings. The fourth-order valence-electron chi connectivity index (χ4n) is 1.62. The first-order chi connectivity index (χ1) is 8.58. The molecule has 0 saturated carbocycles. The summed E-state index contributed by atoms with van der Waals surface area (Å²) in [6.07, 6.45) is 0.986. The topological polar surface area (TPSA) is 78.0 Å². The van der Waals surface area contributed by atoms with Gasteiger partial charge in [0.1, 0.15) is 0 Å². The van der Waals surface area contributed by atoms with Crippen LogP contribution in [-0.2, 0) is 0 Å². The Hall–Kier alpha value is -2.14. The summed E-state index contributed by atoms with van der Waals surface area (Å²) in [6.45, 7) is 3.49. The van der Waals surface area contributed by atoms with Gasteiger partial charge < -0.3 is 10.4 Å². The number of nitrogens with one attached hydrogen (secondary N) is 2. The number of aryl methyl sites for hydroxylation is 1. The largest absolute Gasteiger partial charge is 0.389 e. The van der Waals surface area contributed by atoms with Crippen molar-refractivity contribution in [2.75, 3.05) is 5.32 Å². The molecule has 0 bridgehead atoms. The summed E-state index contributed by atoms with van der Waals surface area (Å²) in [5.41, 5.74) is 2.75. The van der Waals surface area contributed by atoms with E-state index in [4.69, 9.17) is 0 Å². The zero-order valence-electron chi connectivity index (χ0n) is 10.3. The molecule has 5 heteroatoms. The number of carbonyl (C=O) groups excluding carboxylic acids is 1. The minimum Gasteiger partial charge on any atom is -0.389 e. The molecule has 0 aliphatic carbocycles. The first-order valence-electron chi connectivity index (χ1n) is 5.67. The molecule has 0 radical (unpaired) electrons. The highest BCUT2D eigenvalue weighted by atomic mass is 16.3. The molecule has 1 aromatic heterocycles. The van der Waals surface area contributed by atoms with Gasteiger partial charge in [-0.15, -0.1) is 0 Å². The second-order valence-electron chi connectivity index (χ2n) is 4.16. The van der Waals surface area contributed by atoms with Gasteiger partial charge in [0.2, 0.25) is 0 Å². The van der Waals surface area contributed by atoms with Crippen LogP contribution in [-0.4, -0.2) is 21.2 Å². The lowest BCUT2D eigenvalue weighted by Crippen LogP contribution is -2.12. The Morgan fingerprint density at radius 3 is 2.56 bits per heavy atom. The molecule has 18 heavy (non-hydrogen) atoms. The molecule has 1 aromatic carbocycles. The van der Waals surface area contributed by atoms with Crippen LogP contribution in [0.3, 0.4) is 0 Å². The van der Waals surface area contributed by atoms with Crippen molar-refractivity contribution in [3.05, 3.63) is 47.3 Å². The van der Waals surface area contributed by atoms with E-state index in [1.807, 2.05) is 0 Å². The molecule has 1 amide bonds. The number of rotatable bonds is 3. The Kier molecular flexibility index (Phi) is 3.43. The Balaban J connectivity index is 2.10. The smallest absolute Gasteiger partial charge is 0.259 e. The van der Waals surface area contributed by atoms with Gasteiger partial charge in [-0.05, 0) is 31.5 Å². The van der Waals surface area contributed by atoms with E-state index in [9.17, 15) is 9.90 Å². The Bertz CT molecular complexity index is 544. The lowest BCUT2D eigenvalue weighted by molar-refractivity contribution is 0.102. The fourth-order valence-corrected chi connectivity index (χ4v) is 1.62. The standard InChI is InChI=1S/C13H15N3O2/c1-8-12(7-14-16-8)13(18)15-11-5-3-10(4-6-11)9(2)17/h3-7,9,17H,1-2H3,(H,14,16)(H,15,18). The van der Waals surface area contributed by atoms with Crippen molar-refractivity contribution in [2.24, 2.45) is 0 Å². The van der Waals surface area contributed by atoms with Crippen LogP contribution in [0.1, 0.15) is 34.6 Å². The first-order valence-corrected chi connectivity index (χ1v) is 5.67. The zero-order valence-corrected chi connectivity index (χ0v) is 10.3. The van der Waals surface area contributed by atoms with Crippen molar-refractivity contribution < 1.29 is 9.90 Å². The number of hydrogen-bond acceptors (Lipinski definition) is 3. The molecule has 2 rings (SSSR count). The van der Waals surface area contributed by atoms with Crippen molar-refractivity contribution >= 4 is 11.6 Å². The number of benzene rings is 1. The van der Waals surface area contributed by atoms with Crippen LogP contribution in [0.4, 0.5) is 5.69 Å². The number of amides is 1. The predicted octanol–water partition coefficient (Wildman–Crippen LogP) is 2.02. The van der Waals surface area contributed by atoms with Crippen LogP contribution in [0, 0.1) is 6.92 Å². The maximum atomic E-state index is 11.9. The van der Waals surface area contributed by atoms with Gasteiger partial charge in [-0.2, -0.15) is 5.10 Å². The number of aliphatic hydroxyl groups is 1. The van der Waals surface area contributed by atoms with Crippen molar-refractivity contribution in [2.45, 2.75) is 20.0 Å². The fraction of sp³-hybridized carbons (Fsp3) is 0.231. The number of nitrogens with zero attached hydrogens (tertiary/aromatic N) is 1. The number of aliphatic hydroxyl groups excluding tert-OH is 1. The monoisotopic (exact) mass is 245 g/mol. The van der Waals surface area contributed by atoms with Gasteiger partial charge in [0, 0.05) is 11.4 Å².